The van der Waals surface area contributed by atoms with Crippen LogP contribution in [0.1, 0.15) is 41.7 Å². The number of nitrogens with zero attached hydrogens (tertiary/aromatic N) is 4. The van der Waals surface area contributed by atoms with Crippen LogP contribution in [-0.2, 0) is 22.5 Å². The van der Waals surface area contributed by atoms with Crippen molar-refractivity contribution in [3.05, 3.63) is 28.7 Å². The molecular formula is C16H24N6O3. The first-order chi connectivity index (χ1) is 12.1. The molecule has 25 heavy (non-hydrogen) atoms. The van der Waals surface area contributed by atoms with Gasteiger partial charge < -0.3 is 14.6 Å². The average Bonchev–Trinajstić information content (AvgIpc) is 3.21. The van der Waals surface area contributed by atoms with Crippen LogP contribution < -0.4 is 5.32 Å². The van der Waals surface area contributed by atoms with Crippen molar-refractivity contribution in [2.45, 2.75) is 39.8 Å². The van der Waals surface area contributed by atoms with Gasteiger partial charge in [-0.05, 0) is 13.8 Å². The topological polar surface area (TPSA) is 109 Å². The molecule has 3 heterocycles. The first-order valence-corrected chi connectivity index (χ1v) is 8.50. The van der Waals surface area contributed by atoms with E-state index in [4.69, 9.17) is 9.26 Å². The van der Waals surface area contributed by atoms with Crippen molar-refractivity contribution in [3.63, 3.8) is 0 Å². The highest BCUT2D eigenvalue weighted by molar-refractivity contribution is 5.78. The van der Waals surface area contributed by atoms with Gasteiger partial charge in [-0.25, -0.2) is 4.98 Å². The lowest BCUT2D eigenvalue weighted by Gasteiger charge is -2.30. The lowest BCUT2D eigenvalue weighted by atomic mass is 10.2. The van der Waals surface area contributed by atoms with Crippen LogP contribution in [0.3, 0.4) is 0 Å². The van der Waals surface area contributed by atoms with Crippen molar-refractivity contribution in [2.24, 2.45) is 0 Å². The second-order valence-corrected chi connectivity index (χ2v) is 6.17. The van der Waals surface area contributed by atoms with Gasteiger partial charge in [-0.15, -0.1) is 0 Å². The Bertz CT molecular complexity index is 706. The van der Waals surface area contributed by atoms with Crippen molar-refractivity contribution in [1.82, 2.24) is 30.6 Å². The Hall–Kier alpha value is -2.26. The van der Waals surface area contributed by atoms with E-state index in [1.807, 2.05) is 20.8 Å². The Kier molecular flexibility index (Phi) is 5.44. The average molecular weight is 348 g/mol. The fourth-order valence-corrected chi connectivity index (χ4v) is 2.81. The third-order valence-corrected chi connectivity index (χ3v) is 4.33. The molecule has 0 saturated carbocycles. The van der Waals surface area contributed by atoms with Gasteiger partial charge in [0.1, 0.15) is 17.7 Å². The van der Waals surface area contributed by atoms with Crippen molar-refractivity contribution in [1.29, 1.82) is 0 Å². The molecule has 1 fully saturated rings. The Labute approximate surface area is 146 Å². The zero-order valence-corrected chi connectivity index (χ0v) is 14.8. The quantitative estimate of drug-likeness (QED) is 0.789. The highest BCUT2D eigenvalue weighted by Gasteiger charge is 2.26. The van der Waals surface area contributed by atoms with Gasteiger partial charge in [-0.2, -0.15) is 5.10 Å². The number of carbonyl (C=O) groups is 1. The van der Waals surface area contributed by atoms with Gasteiger partial charge in [0.2, 0.25) is 5.91 Å². The van der Waals surface area contributed by atoms with Gasteiger partial charge in [-0.1, -0.05) is 12.1 Å². The minimum Gasteiger partial charge on any atom is -0.367 e. The summed E-state index contributed by atoms with van der Waals surface area (Å²) in [6.45, 7) is 8.32. The van der Waals surface area contributed by atoms with Crippen molar-refractivity contribution >= 4 is 5.91 Å². The number of carbonyl (C=O) groups excluding carboxylic acids is 1. The first kappa shape index (κ1) is 17.6. The van der Waals surface area contributed by atoms with E-state index >= 15 is 0 Å². The second-order valence-electron chi connectivity index (χ2n) is 6.17. The molecule has 2 N–H and O–H groups in total. The summed E-state index contributed by atoms with van der Waals surface area (Å²) < 4.78 is 10.9. The number of aryl methyl sites for hydroxylation is 3. The SMILES string of the molecule is CCc1nc([C@H]2CN(CC(=O)NCc3c(C)noc3C)CCO2)n[nH]1. The molecule has 3 rings (SSSR count). The van der Waals surface area contributed by atoms with Crippen LogP contribution in [0, 0.1) is 13.8 Å². The van der Waals surface area contributed by atoms with Crippen LogP contribution in [0.25, 0.3) is 0 Å². The number of aromatic amines is 1. The van der Waals surface area contributed by atoms with Crippen LogP contribution in [0.4, 0.5) is 0 Å². The molecule has 2 aromatic heterocycles. The van der Waals surface area contributed by atoms with E-state index in [-0.39, 0.29) is 12.0 Å². The number of hydrogen-bond donors (Lipinski definition) is 2. The van der Waals surface area contributed by atoms with Crippen LogP contribution >= 0.6 is 0 Å². The monoisotopic (exact) mass is 348 g/mol. The summed E-state index contributed by atoms with van der Waals surface area (Å²) >= 11 is 0. The summed E-state index contributed by atoms with van der Waals surface area (Å²) in [4.78, 5) is 18.7. The van der Waals surface area contributed by atoms with Crippen LogP contribution in [0.5, 0.6) is 0 Å². The smallest absolute Gasteiger partial charge is 0.234 e. The molecular weight excluding hydrogens is 324 g/mol. The van der Waals surface area contributed by atoms with E-state index < -0.39 is 0 Å². The fraction of sp³-hybridized carbons (Fsp3) is 0.625. The van der Waals surface area contributed by atoms with E-state index in [0.717, 1.165) is 29.3 Å². The third kappa shape index (κ3) is 4.23. The predicted octanol–water partition coefficient (Wildman–Crippen LogP) is 0.662. The standard InChI is InChI=1S/C16H24N6O3/c1-4-14-18-16(20-19-14)13-8-22(5-6-24-13)9-15(23)17-7-12-10(2)21-25-11(12)3/h13H,4-9H2,1-3H3,(H,17,23)(H,18,19,20)/t13-/m1/s1. The van der Waals surface area contributed by atoms with Crippen LogP contribution in [0.2, 0.25) is 0 Å². The number of hydrogen-bond acceptors (Lipinski definition) is 7. The van der Waals surface area contributed by atoms with E-state index in [0.29, 0.717) is 38.6 Å². The molecule has 9 nitrogen and oxygen atoms in total. The molecule has 0 radical (unpaired) electrons. The van der Waals surface area contributed by atoms with Crippen molar-refractivity contribution in [3.8, 4) is 0 Å². The third-order valence-electron chi connectivity index (χ3n) is 4.33. The summed E-state index contributed by atoms with van der Waals surface area (Å²) in [7, 11) is 0. The minimum atomic E-state index is -0.208. The van der Waals surface area contributed by atoms with E-state index in [1.54, 1.807) is 0 Å². The lowest BCUT2D eigenvalue weighted by Crippen LogP contribution is -2.44. The van der Waals surface area contributed by atoms with Crippen molar-refractivity contribution < 1.29 is 14.1 Å². The molecule has 2 aromatic rings. The summed E-state index contributed by atoms with van der Waals surface area (Å²) in [5.74, 6) is 2.19. The highest BCUT2D eigenvalue weighted by atomic mass is 16.5. The highest BCUT2D eigenvalue weighted by Crippen LogP contribution is 2.19. The molecule has 1 aliphatic rings. The maximum Gasteiger partial charge on any atom is 0.234 e. The Morgan fingerprint density at radius 2 is 2.28 bits per heavy atom. The predicted molar refractivity (Wildman–Crippen MR) is 88.7 cm³/mol. The minimum absolute atomic E-state index is 0.0371. The molecule has 0 unspecified atom stereocenters. The lowest BCUT2D eigenvalue weighted by molar-refractivity contribution is -0.124. The maximum atomic E-state index is 12.2. The summed E-state index contributed by atoms with van der Waals surface area (Å²) in [6.07, 6.45) is 0.591. The van der Waals surface area contributed by atoms with Gasteiger partial charge in [0.05, 0.1) is 18.8 Å². The van der Waals surface area contributed by atoms with E-state index in [1.165, 1.54) is 0 Å². The number of rotatable bonds is 6. The molecule has 9 heteroatoms. The Balaban J connectivity index is 1.51. The molecule has 0 aliphatic carbocycles. The fourth-order valence-electron chi connectivity index (χ4n) is 2.81. The number of morpholine rings is 1. The number of ether oxygens (including phenoxy) is 1. The van der Waals surface area contributed by atoms with Crippen LogP contribution in [-0.4, -0.2) is 57.4 Å². The maximum absolute atomic E-state index is 12.2. The summed E-state index contributed by atoms with van der Waals surface area (Å²) in [5, 5.41) is 13.9. The Morgan fingerprint density at radius 1 is 1.44 bits per heavy atom. The molecule has 1 atom stereocenters. The van der Waals surface area contributed by atoms with Crippen LogP contribution in [0.15, 0.2) is 4.52 Å². The van der Waals surface area contributed by atoms with Gasteiger partial charge in [-0.3, -0.25) is 14.8 Å². The molecule has 1 amide bonds. The number of amides is 1. The molecule has 1 aliphatic heterocycles. The first-order valence-electron chi connectivity index (χ1n) is 8.50. The van der Waals surface area contributed by atoms with Gasteiger partial charge >= 0.3 is 0 Å². The van der Waals surface area contributed by atoms with Gasteiger partial charge in [0.15, 0.2) is 5.82 Å². The zero-order valence-electron chi connectivity index (χ0n) is 14.8. The Morgan fingerprint density at radius 3 is 2.96 bits per heavy atom. The molecule has 0 spiro atoms. The second kappa shape index (κ2) is 7.75. The summed E-state index contributed by atoms with van der Waals surface area (Å²) in [6, 6.07) is 0. The molecule has 0 aromatic carbocycles. The van der Waals surface area contributed by atoms with E-state index in [9.17, 15) is 4.79 Å². The largest absolute Gasteiger partial charge is 0.367 e. The number of aromatic nitrogens is 4. The normalized spacial score (nSPS) is 18.4. The van der Waals surface area contributed by atoms with E-state index in [2.05, 4.69) is 30.6 Å². The van der Waals surface area contributed by atoms with Gasteiger partial charge in [0.25, 0.3) is 0 Å². The molecule has 136 valence electrons. The molecule has 0 bridgehead atoms. The zero-order chi connectivity index (χ0) is 17.8. The summed E-state index contributed by atoms with van der Waals surface area (Å²) in [5.41, 5.74) is 1.74. The number of nitrogens with one attached hydrogen (secondary N) is 2. The van der Waals surface area contributed by atoms with Gasteiger partial charge in [0, 0.05) is 31.6 Å². The molecule has 1 saturated heterocycles. The number of H-pyrrole nitrogens is 1. The van der Waals surface area contributed by atoms with Crippen molar-refractivity contribution in [2.75, 3.05) is 26.2 Å².